The summed E-state index contributed by atoms with van der Waals surface area (Å²) in [5.41, 5.74) is -0.0202. The number of benzene rings is 1. The van der Waals surface area contributed by atoms with Gasteiger partial charge in [0.1, 0.15) is 18.2 Å². The van der Waals surface area contributed by atoms with Crippen molar-refractivity contribution in [3.8, 4) is 0 Å². The second kappa shape index (κ2) is 8.33. The van der Waals surface area contributed by atoms with Gasteiger partial charge >= 0.3 is 0 Å². The molecule has 2 N–H and O–H groups in total. The van der Waals surface area contributed by atoms with E-state index in [-0.39, 0.29) is 18.1 Å². The summed E-state index contributed by atoms with van der Waals surface area (Å²) in [6.07, 6.45) is 1.74. The maximum absolute atomic E-state index is 13.6. The molecule has 0 saturated heterocycles. The molecule has 7 heteroatoms. The second-order valence-electron chi connectivity index (χ2n) is 4.97. The Hall–Kier alpha value is -1.57. The first-order chi connectivity index (χ1) is 11.0. The highest BCUT2D eigenvalue weighted by atomic mass is 79.9. The summed E-state index contributed by atoms with van der Waals surface area (Å²) >= 11 is 5.01. The van der Waals surface area contributed by atoms with Gasteiger partial charge in [-0.15, -0.1) is 11.3 Å². The van der Waals surface area contributed by atoms with E-state index < -0.39 is 11.6 Å². The van der Waals surface area contributed by atoms with Crippen molar-refractivity contribution in [2.45, 2.75) is 6.54 Å². The fraction of sp³-hybridized carbons (Fsp3) is 0.188. The van der Waals surface area contributed by atoms with E-state index in [1.54, 1.807) is 17.4 Å². The molecule has 0 fully saturated rings. The molecule has 1 aromatic heterocycles. The van der Waals surface area contributed by atoms with Crippen LogP contribution in [0.2, 0.25) is 0 Å². The van der Waals surface area contributed by atoms with E-state index in [0.29, 0.717) is 13.1 Å². The smallest absolute Gasteiger partial charge is 0.279 e. The third-order valence-electron chi connectivity index (χ3n) is 3.10. The van der Waals surface area contributed by atoms with Crippen LogP contribution >= 0.6 is 27.3 Å². The van der Waals surface area contributed by atoms with E-state index in [4.69, 9.17) is 0 Å². The summed E-state index contributed by atoms with van der Waals surface area (Å²) in [6.45, 7) is 5.14. The Kier molecular flexibility index (Phi) is 6.44. The Morgan fingerprint density at radius 1 is 1.35 bits per heavy atom. The van der Waals surface area contributed by atoms with Crippen LogP contribution in [0.15, 0.2) is 46.8 Å². The van der Waals surface area contributed by atoms with Gasteiger partial charge in [-0.2, -0.15) is 0 Å². The lowest BCUT2D eigenvalue weighted by atomic mass is 10.3. The maximum Gasteiger partial charge on any atom is 0.279 e. The van der Waals surface area contributed by atoms with Gasteiger partial charge in [-0.05, 0) is 46.3 Å². The number of quaternary nitrogens is 1. The van der Waals surface area contributed by atoms with Gasteiger partial charge in [0, 0.05) is 6.07 Å². The van der Waals surface area contributed by atoms with Crippen molar-refractivity contribution in [2.75, 3.05) is 18.4 Å². The number of nitrogens with one attached hydrogen (secondary N) is 2. The number of anilines is 1. The Labute approximate surface area is 145 Å². The van der Waals surface area contributed by atoms with Gasteiger partial charge in [0.25, 0.3) is 5.91 Å². The number of carbonyl (C=O) groups is 1. The molecule has 1 aromatic carbocycles. The van der Waals surface area contributed by atoms with E-state index in [1.165, 1.54) is 6.07 Å². The average molecular weight is 402 g/mol. The van der Waals surface area contributed by atoms with Crippen LogP contribution in [-0.4, -0.2) is 19.0 Å². The fourth-order valence-corrected chi connectivity index (χ4v) is 3.67. The predicted octanol–water partition coefficient (Wildman–Crippen LogP) is 3.00. The average Bonchev–Trinajstić information content (AvgIpc) is 2.87. The van der Waals surface area contributed by atoms with E-state index in [1.807, 2.05) is 12.1 Å². The van der Waals surface area contributed by atoms with E-state index in [2.05, 4.69) is 27.8 Å². The highest BCUT2D eigenvalue weighted by Crippen LogP contribution is 2.21. The molecule has 0 aliphatic rings. The van der Waals surface area contributed by atoms with Crippen LogP contribution in [0.3, 0.4) is 0 Å². The SMILES string of the molecule is C=CC[NH+](CC(=O)Nc1ccc(F)cc1F)Cc1ccc(Br)s1. The molecule has 0 bridgehead atoms. The molecule has 2 aromatic rings. The summed E-state index contributed by atoms with van der Waals surface area (Å²) in [5.74, 6) is -1.79. The van der Waals surface area contributed by atoms with Crippen LogP contribution in [0.25, 0.3) is 0 Å². The number of thiophene rings is 1. The van der Waals surface area contributed by atoms with Gasteiger partial charge in [0.15, 0.2) is 6.54 Å². The zero-order chi connectivity index (χ0) is 16.8. The van der Waals surface area contributed by atoms with Gasteiger partial charge in [0.05, 0.1) is 20.9 Å². The first-order valence-electron chi connectivity index (χ1n) is 6.91. The molecule has 0 aliphatic heterocycles. The normalized spacial score (nSPS) is 12.0. The van der Waals surface area contributed by atoms with Gasteiger partial charge < -0.3 is 10.2 Å². The molecular weight excluding hydrogens is 386 g/mol. The molecule has 0 radical (unpaired) electrons. The monoisotopic (exact) mass is 401 g/mol. The summed E-state index contributed by atoms with van der Waals surface area (Å²) in [4.78, 5) is 14.2. The quantitative estimate of drug-likeness (QED) is 0.687. The number of amides is 1. The Morgan fingerprint density at radius 2 is 2.13 bits per heavy atom. The lowest BCUT2D eigenvalue weighted by Gasteiger charge is -2.17. The predicted molar refractivity (Wildman–Crippen MR) is 91.6 cm³/mol. The molecule has 0 saturated carbocycles. The number of hydrogen-bond acceptors (Lipinski definition) is 2. The van der Waals surface area contributed by atoms with Crippen molar-refractivity contribution >= 4 is 38.9 Å². The Bertz CT molecular complexity index is 705. The van der Waals surface area contributed by atoms with Gasteiger partial charge in [-0.25, -0.2) is 8.78 Å². The zero-order valence-electron chi connectivity index (χ0n) is 12.2. The molecule has 1 unspecified atom stereocenters. The summed E-state index contributed by atoms with van der Waals surface area (Å²) < 4.78 is 27.5. The standard InChI is InChI=1S/C16H15BrF2N2OS/c1-2-7-21(9-12-4-6-15(17)23-12)10-16(22)20-14-5-3-11(18)8-13(14)19/h2-6,8H,1,7,9-10H2,(H,20,22)/p+1. The van der Waals surface area contributed by atoms with E-state index >= 15 is 0 Å². The van der Waals surface area contributed by atoms with Crippen molar-refractivity contribution < 1.29 is 18.5 Å². The molecule has 1 amide bonds. The minimum atomic E-state index is -0.786. The fourth-order valence-electron chi connectivity index (χ4n) is 2.12. The van der Waals surface area contributed by atoms with Gasteiger partial charge in [-0.3, -0.25) is 4.79 Å². The highest BCUT2D eigenvalue weighted by molar-refractivity contribution is 9.11. The van der Waals surface area contributed by atoms with Gasteiger partial charge in [-0.1, -0.05) is 6.58 Å². The maximum atomic E-state index is 13.6. The van der Waals surface area contributed by atoms with Crippen LogP contribution < -0.4 is 10.2 Å². The lowest BCUT2D eigenvalue weighted by Crippen LogP contribution is -3.11. The zero-order valence-corrected chi connectivity index (χ0v) is 14.6. The minimum Gasteiger partial charge on any atom is -0.319 e. The Morgan fingerprint density at radius 3 is 2.74 bits per heavy atom. The van der Waals surface area contributed by atoms with Crippen LogP contribution in [-0.2, 0) is 11.3 Å². The summed E-state index contributed by atoms with van der Waals surface area (Å²) in [5, 5.41) is 2.48. The highest BCUT2D eigenvalue weighted by Gasteiger charge is 2.16. The number of hydrogen-bond donors (Lipinski definition) is 2. The Balaban J connectivity index is 1.98. The summed E-state index contributed by atoms with van der Waals surface area (Å²) in [6, 6.07) is 7.02. The molecule has 23 heavy (non-hydrogen) atoms. The molecule has 1 atom stereocenters. The van der Waals surface area contributed by atoms with Crippen LogP contribution in [0, 0.1) is 11.6 Å². The first-order valence-corrected chi connectivity index (χ1v) is 8.52. The minimum absolute atomic E-state index is 0.0202. The first kappa shape index (κ1) is 17.8. The molecule has 122 valence electrons. The molecule has 3 nitrogen and oxygen atoms in total. The van der Waals surface area contributed by atoms with Crippen LogP contribution in [0.4, 0.5) is 14.5 Å². The number of halogens is 3. The molecular formula is C16H16BrF2N2OS+. The van der Waals surface area contributed by atoms with Crippen LogP contribution in [0.5, 0.6) is 0 Å². The van der Waals surface area contributed by atoms with Crippen molar-refractivity contribution in [1.29, 1.82) is 0 Å². The third kappa shape index (κ3) is 5.53. The molecule has 0 aliphatic carbocycles. The van der Waals surface area contributed by atoms with Crippen molar-refractivity contribution in [1.82, 2.24) is 0 Å². The molecule has 0 spiro atoms. The van der Waals surface area contributed by atoms with Crippen LogP contribution in [0.1, 0.15) is 4.88 Å². The van der Waals surface area contributed by atoms with E-state index in [9.17, 15) is 13.6 Å². The van der Waals surface area contributed by atoms with E-state index in [0.717, 1.165) is 25.7 Å². The lowest BCUT2D eigenvalue weighted by molar-refractivity contribution is -0.899. The number of rotatable bonds is 7. The number of carbonyl (C=O) groups excluding carboxylic acids is 1. The second-order valence-corrected chi connectivity index (χ2v) is 7.52. The topological polar surface area (TPSA) is 33.5 Å². The third-order valence-corrected chi connectivity index (χ3v) is 4.73. The molecule has 1 heterocycles. The molecule has 2 rings (SSSR count). The van der Waals surface area contributed by atoms with Crippen molar-refractivity contribution in [2.24, 2.45) is 0 Å². The van der Waals surface area contributed by atoms with Crippen molar-refractivity contribution in [3.63, 3.8) is 0 Å². The van der Waals surface area contributed by atoms with Crippen molar-refractivity contribution in [3.05, 3.63) is 63.3 Å². The largest absolute Gasteiger partial charge is 0.319 e. The summed E-state index contributed by atoms with van der Waals surface area (Å²) in [7, 11) is 0. The van der Waals surface area contributed by atoms with Gasteiger partial charge in [0.2, 0.25) is 0 Å².